The molecule has 2 rings (SSSR count). The van der Waals surface area contributed by atoms with Crippen LogP contribution in [0.5, 0.6) is 0 Å². The standard InChI is InChI=1S/C21H34FN5O2.HI/c1-15(2)25-19(23-6)24-14-16-7-8-18(17(22)13-16)26-9-11-27(12-10-26)20(28)29-21(3,4)5;/h7-8,13,15H,9-12,14H2,1-6H3,(H2,23,24,25);1H. The summed E-state index contributed by atoms with van der Waals surface area (Å²) in [5.41, 5.74) is 0.879. The Labute approximate surface area is 196 Å². The van der Waals surface area contributed by atoms with Crippen molar-refractivity contribution in [1.29, 1.82) is 0 Å². The normalized spacial score (nSPS) is 15.0. The van der Waals surface area contributed by atoms with Crippen molar-refractivity contribution in [3.8, 4) is 0 Å². The largest absolute Gasteiger partial charge is 0.444 e. The third-order valence-electron chi connectivity index (χ3n) is 4.39. The van der Waals surface area contributed by atoms with Gasteiger partial charge in [0.1, 0.15) is 11.4 Å². The molecule has 1 amide bonds. The molecule has 1 aromatic carbocycles. The predicted molar refractivity (Wildman–Crippen MR) is 130 cm³/mol. The molecule has 0 saturated carbocycles. The minimum Gasteiger partial charge on any atom is -0.444 e. The average molecular weight is 535 g/mol. The molecule has 0 spiro atoms. The van der Waals surface area contributed by atoms with Gasteiger partial charge in [-0.25, -0.2) is 9.18 Å². The van der Waals surface area contributed by atoms with Gasteiger partial charge in [-0.05, 0) is 52.3 Å². The van der Waals surface area contributed by atoms with Crippen LogP contribution in [0.2, 0.25) is 0 Å². The number of hydrogen-bond donors (Lipinski definition) is 2. The van der Waals surface area contributed by atoms with Crippen LogP contribution in [0.3, 0.4) is 0 Å². The summed E-state index contributed by atoms with van der Waals surface area (Å²) < 4.78 is 20.1. The Morgan fingerprint density at radius 2 is 1.87 bits per heavy atom. The van der Waals surface area contributed by atoms with Crippen LogP contribution < -0.4 is 15.5 Å². The molecule has 0 atom stereocenters. The highest BCUT2D eigenvalue weighted by molar-refractivity contribution is 14.0. The summed E-state index contributed by atoms with van der Waals surface area (Å²) in [6, 6.07) is 5.52. The van der Waals surface area contributed by atoms with Crippen molar-refractivity contribution in [3.05, 3.63) is 29.6 Å². The van der Waals surface area contributed by atoms with E-state index in [1.54, 1.807) is 24.1 Å². The van der Waals surface area contributed by atoms with Crippen LogP contribution in [0.15, 0.2) is 23.2 Å². The molecular formula is C21H35FIN5O2. The van der Waals surface area contributed by atoms with E-state index in [1.807, 2.05) is 45.6 Å². The zero-order chi connectivity index (χ0) is 21.6. The Balaban J connectivity index is 0.00000450. The van der Waals surface area contributed by atoms with E-state index in [0.29, 0.717) is 44.4 Å². The maximum atomic E-state index is 14.7. The van der Waals surface area contributed by atoms with Gasteiger partial charge < -0.3 is 25.2 Å². The van der Waals surface area contributed by atoms with Gasteiger partial charge in [0, 0.05) is 45.8 Å². The quantitative estimate of drug-likeness (QED) is 0.351. The second kappa shape index (κ2) is 11.6. The van der Waals surface area contributed by atoms with E-state index in [2.05, 4.69) is 15.6 Å². The predicted octanol–water partition coefficient (Wildman–Crippen LogP) is 3.57. The average Bonchev–Trinajstić information content (AvgIpc) is 2.63. The Bertz CT molecular complexity index is 729. The third-order valence-corrected chi connectivity index (χ3v) is 4.39. The zero-order valence-corrected chi connectivity index (χ0v) is 21.1. The van der Waals surface area contributed by atoms with Crippen LogP contribution in [0.4, 0.5) is 14.9 Å². The number of piperazine rings is 1. The fraction of sp³-hybridized carbons (Fsp3) is 0.619. The summed E-state index contributed by atoms with van der Waals surface area (Å²) >= 11 is 0. The van der Waals surface area contributed by atoms with Crippen molar-refractivity contribution < 1.29 is 13.9 Å². The van der Waals surface area contributed by atoms with Gasteiger partial charge in [0.15, 0.2) is 5.96 Å². The van der Waals surface area contributed by atoms with Crippen LogP contribution in [0.25, 0.3) is 0 Å². The van der Waals surface area contributed by atoms with Gasteiger partial charge in [-0.2, -0.15) is 0 Å². The first-order valence-electron chi connectivity index (χ1n) is 10.1. The van der Waals surface area contributed by atoms with Gasteiger partial charge in [-0.3, -0.25) is 4.99 Å². The summed E-state index contributed by atoms with van der Waals surface area (Å²) in [5, 5.41) is 6.38. The fourth-order valence-electron chi connectivity index (χ4n) is 3.03. The highest BCUT2D eigenvalue weighted by Crippen LogP contribution is 2.22. The molecule has 9 heteroatoms. The maximum Gasteiger partial charge on any atom is 0.410 e. The molecule has 0 unspecified atom stereocenters. The van der Waals surface area contributed by atoms with Crippen molar-refractivity contribution in [3.63, 3.8) is 0 Å². The SMILES string of the molecule is CN=C(NCc1ccc(N2CCN(C(=O)OC(C)(C)C)CC2)c(F)c1)NC(C)C.I. The molecule has 0 bridgehead atoms. The number of carbonyl (C=O) groups is 1. The summed E-state index contributed by atoms with van der Waals surface area (Å²) in [5.74, 6) is 0.421. The lowest BCUT2D eigenvalue weighted by atomic mass is 10.1. The Kier molecular flexibility index (Phi) is 10.1. The molecule has 1 aromatic rings. The molecular weight excluding hydrogens is 500 g/mol. The van der Waals surface area contributed by atoms with Gasteiger partial charge in [-0.15, -0.1) is 24.0 Å². The lowest BCUT2D eigenvalue weighted by Crippen LogP contribution is -2.50. The summed E-state index contributed by atoms with van der Waals surface area (Å²) in [6.45, 7) is 12.2. The third kappa shape index (κ3) is 8.16. The number of nitrogens with zero attached hydrogens (tertiary/aromatic N) is 3. The molecule has 0 aliphatic carbocycles. The number of halogens is 2. The maximum absolute atomic E-state index is 14.7. The lowest BCUT2D eigenvalue weighted by Gasteiger charge is -2.36. The number of anilines is 1. The van der Waals surface area contributed by atoms with Crippen molar-refractivity contribution in [2.45, 2.75) is 52.8 Å². The van der Waals surface area contributed by atoms with Gasteiger partial charge in [0.2, 0.25) is 0 Å². The van der Waals surface area contributed by atoms with Gasteiger partial charge >= 0.3 is 6.09 Å². The van der Waals surface area contributed by atoms with Gasteiger partial charge in [-0.1, -0.05) is 6.07 Å². The minimum absolute atomic E-state index is 0. The number of guanidine groups is 1. The summed E-state index contributed by atoms with van der Waals surface area (Å²) in [4.78, 5) is 20.0. The van der Waals surface area contributed by atoms with Gasteiger partial charge in [0.25, 0.3) is 0 Å². The van der Waals surface area contributed by atoms with Crippen molar-refractivity contribution in [1.82, 2.24) is 15.5 Å². The number of aliphatic imine (C=N–C) groups is 1. The summed E-state index contributed by atoms with van der Waals surface area (Å²) in [7, 11) is 1.71. The van der Waals surface area contributed by atoms with Crippen molar-refractivity contribution in [2.75, 3.05) is 38.1 Å². The second-order valence-corrected chi connectivity index (χ2v) is 8.47. The topological polar surface area (TPSA) is 69.2 Å². The Morgan fingerprint density at radius 3 is 2.37 bits per heavy atom. The molecule has 1 fully saturated rings. The van der Waals surface area contributed by atoms with E-state index < -0.39 is 5.60 Å². The van der Waals surface area contributed by atoms with Crippen LogP contribution in [0, 0.1) is 5.82 Å². The Hall–Kier alpha value is -1.78. The van der Waals surface area contributed by atoms with E-state index >= 15 is 0 Å². The lowest BCUT2D eigenvalue weighted by molar-refractivity contribution is 0.0240. The van der Waals surface area contributed by atoms with E-state index in [9.17, 15) is 9.18 Å². The minimum atomic E-state index is -0.517. The molecule has 2 N–H and O–H groups in total. The molecule has 1 heterocycles. The molecule has 1 aliphatic heterocycles. The number of benzene rings is 1. The number of amides is 1. The first-order chi connectivity index (χ1) is 13.6. The molecule has 170 valence electrons. The highest BCUT2D eigenvalue weighted by atomic mass is 127. The first-order valence-corrected chi connectivity index (χ1v) is 10.1. The number of nitrogens with one attached hydrogen (secondary N) is 2. The van der Waals surface area contributed by atoms with E-state index in [1.165, 1.54) is 0 Å². The molecule has 30 heavy (non-hydrogen) atoms. The van der Waals surface area contributed by atoms with Crippen LogP contribution in [-0.4, -0.2) is 61.8 Å². The smallest absolute Gasteiger partial charge is 0.410 e. The molecule has 1 aliphatic rings. The monoisotopic (exact) mass is 535 g/mol. The van der Waals surface area contributed by atoms with E-state index in [4.69, 9.17) is 4.74 Å². The first kappa shape index (κ1) is 26.3. The fourth-order valence-corrected chi connectivity index (χ4v) is 3.03. The Morgan fingerprint density at radius 1 is 1.23 bits per heavy atom. The summed E-state index contributed by atoms with van der Waals surface area (Å²) in [6.07, 6.45) is -0.317. The number of ether oxygens (including phenoxy) is 1. The molecule has 7 nitrogen and oxygen atoms in total. The van der Waals surface area contributed by atoms with Gasteiger partial charge in [0.05, 0.1) is 5.69 Å². The van der Waals surface area contributed by atoms with Crippen LogP contribution >= 0.6 is 24.0 Å². The van der Waals surface area contributed by atoms with Crippen molar-refractivity contribution in [2.24, 2.45) is 4.99 Å². The second-order valence-electron chi connectivity index (χ2n) is 8.47. The van der Waals surface area contributed by atoms with Crippen LogP contribution in [0.1, 0.15) is 40.2 Å². The highest BCUT2D eigenvalue weighted by Gasteiger charge is 2.26. The molecule has 1 saturated heterocycles. The number of hydrogen-bond acceptors (Lipinski definition) is 4. The van der Waals surface area contributed by atoms with E-state index in [-0.39, 0.29) is 41.9 Å². The molecule has 0 aromatic heterocycles. The van der Waals surface area contributed by atoms with Crippen LogP contribution in [-0.2, 0) is 11.3 Å². The number of rotatable bonds is 4. The zero-order valence-electron chi connectivity index (χ0n) is 18.8. The number of carbonyl (C=O) groups excluding carboxylic acids is 1. The van der Waals surface area contributed by atoms with Crippen molar-refractivity contribution >= 4 is 41.7 Å². The van der Waals surface area contributed by atoms with E-state index in [0.717, 1.165) is 5.56 Å². The molecule has 0 radical (unpaired) electrons.